The molecule has 4 rings (SSSR count). The Morgan fingerprint density at radius 2 is 1.77 bits per heavy atom. The van der Waals surface area contributed by atoms with Crippen LogP contribution < -0.4 is 21.7 Å². The van der Waals surface area contributed by atoms with Gasteiger partial charge >= 0.3 is 0 Å². The number of amidine groups is 1. The fourth-order valence-electron chi connectivity index (χ4n) is 3.80. The lowest BCUT2D eigenvalue weighted by molar-refractivity contribution is 0.801. The van der Waals surface area contributed by atoms with E-state index >= 15 is 0 Å². The highest BCUT2D eigenvalue weighted by molar-refractivity contribution is 6.08. The standard InChI is InChI=1S/C26H29N5/c1-3-16-28-23-14-8-6-11-20(23)18(2)29-26-22-13-7-9-15-24(22)30-25(31-26)21-12-5-4-10-19(21)17-27/h4-15,25,28,30H,2-3,16-17,27H2,1H3,(H,29,31). The lowest BCUT2D eigenvalue weighted by atomic mass is 10.0. The first-order valence-corrected chi connectivity index (χ1v) is 10.7. The smallest absolute Gasteiger partial charge is 0.147 e. The first-order valence-electron chi connectivity index (χ1n) is 10.7. The van der Waals surface area contributed by atoms with Gasteiger partial charge in [0.25, 0.3) is 0 Å². The van der Waals surface area contributed by atoms with Crippen LogP contribution in [0, 0.1) is 0 Å². The Morgan fingerprint density at radius 1 is 1.03 bits per heavy atom. The Labute approximate surface area is 184 Å². The van der Waals surface area contributed by atoms with Gasteiger partial charge in [-0.2, -0.15) is 0 Å². The normalized spacial score (nSPS) is 14.8. The topological polar surface area (TPSA) is 74.5 Å². The summed E-state index contributed by atoms with van der Waals surface area (Å²) in [6, 6.07) is 24.5. The number of nitrogens with two attached hydrogens (primary N) is 1. The number of rotatable bonds is 7. The molecular formula is C26H29N5. The van der Waals surface area contributed by atoms with Gasteiger partial charge in [0.15, 0.2) is 0 Å². The number of anilines is 2. The molecule has 0 saturated heterocycles. The number of hydrogen-bond acceptors (Lipinski definition) is 5. The summed E-state index contributed by atoms with van der Waals surface area (Å²) in [5.41, 5.74) is 13.1. The van der Waals surface area contributed by atoms with Crippen molar-refractivity contribution in [1.82, 2.24) is 5.32 Å². The van der Waals surface area contributed by atoms with Gasteiger partial charge in [-0.25, -0.2) is 4.99 Å². The van der Waals surface area contributed by atoms with Gasteiger partial charge < -0.3 is 21.7 Å². The van der Waals surface area contributed by atoms with E-state index in [2.05, 4.69) is 65.9 Å². The molecule has 3 aromatic rings. The third kappa shape index (κ3) is 4.47. The lowest BCUT2D eigenvalue weighted by Gasteiger charge is -2.28. The number of nitrogens with zero attached hydrogens (tertiary/aromatic N) is 1. The summed E-state index contributed by atoms with van der Waals surface area (Å²) < 4.78 is 0. The number of hydrogen-bond donors (Lipinski definition) is 4. The number of benzene rings is 3. The molecule has 0 radical (unpaired) electrons. The predicted molar refractivity (Wildman–Crippen MR) is 131 cm³/mol. The quantitative estimate of drug-likeness (QED) is 0.436. The first kappa shape index (κ1) is 20.7. The summed E-state index contributed by atoms with van der Waals surface area (Å²) in [5, 5.41) is 10.5. The Morgan fingerprint density at radius 3 is 2.61 bits per heavy atom. The van der Waals surface area contributed by atoms with E-state index in [9.17, 15) is 0 Å². The molecule has 1 aliphatic heterocycles. The lowest BCUT2D eigenvalue weighted by Crippen LogP contribution is -2.30. The van der Waals surface area contributed by atoms with Crippen molar-refractivity contribution in [2.24, 2.45) is 10.7 Å². The van der Waals surface area contributed by atoms with Gasteiger partial charge in [0.1, 0.15) is 12.0 Å². The van der Waals surface area contributed by atoms with E-state index in [1.165, 1.54) is 0 Å². The molecule has 0 aliphatic carbocycles. The number of nitrogens with one attached hydrogen (secondary N) is 3. The van der Waals surface area contributed by atoms with Gasteiger partial charge in [0, 0.05) is 46.9 Å². The molecular weight excluding hydrogens is 382 g/mol. The van der Waals surface area contributed by atoms with Crippen molar-refractivity contribution in [3.05, 3.63) is 102 Å². The van der Waals surface area contributed by atoms with Crippen LogP contribution >= 0.6 is 0 Å². The third-order valence-electron chi connectivity index (χ3n) is 5.39. The number of para-hydroxylation sites is 2. The van der Waals surface area contributed by atoms with Crippen LogP contribution in [0.4, 0.5) is 11.4 Å². The molecule has 31 heavy (non-hydrogen) atoms. The Balaban J connectivity index is 1.68. The molecule has 0 spiro atoms. The van der Waals surface area contributed by atoms with E-state index < -0.39 is 0 Å². The molecule has 0 saturated carbocycles. The molecule has 5 N–H and O–H groups in total. The van der Waals surface area contributed by atoms with Crippen molar-refractivity contribution >= 4 is 22.9 Å². The van der Waals surface area contributed by atoms with Gasteiger partial charge in [-0.3, -0.25) is 0 Å². The zero-order chi connectivity index (χ0) is 21.6. The summed E-state index contributed by atoms with van der Waals surface area (Å²) in [4.78, 5) is 5.02. The molecule has 158 valence electrons. The second kappa shape index (κ2) is 9.49. The molecule has 0 fully saturated rings. The Hall–Kier alpha value is -3.57. The van der Waals surface area contributed by atoms with Crippen LogP contribution in [0.15, 0.2) is 84.4 Å². The van der Waals surface area contributed by atoms with Crippen LogP contribution in [0.1, 0.15) is 41.8 Å². The van der Waals surface area contributed by atoms with Crippen molar-refractivity contribution in [2.45, 2.75) is 26.1 Å². The first-order chi connectivity index (χ1) is 15.2. The molecule has 5 nitrogen and oxygen atoms in total. The van der Waals surface area contributed by atoms with Crippen LogP contribution in [-0.2, 0) is 6.54 Å². The van der Waals surface area contributed by atoms with Gasteiger partial charge in [-0.05, 0) is 30.2 Å². The fraction of sp³-hybridized carbons (Fsp3) is 0.192. The van der Waals surface area contributed by atoms with Crippen molar-refractivity contribution < 1.29 is 0 Å². The third-order valence-corrected chi connectivity index (χ3v) is 5.39. The highest BCUT2D eigenvalue weighted by Crippen LogP contribution is 2.31. The van der Waals surface area contributed by atoms with E-state index in [4.69, 9.17) is 10.7 Å². The zero-order valence-electron chi connectivity index (χ0n) is 17.9. The van der Waals surface area contributed by atoms with Crippen LogP contribution in [0.2, 0.25) is 0 Å². The maximum Gasteiger partial charge on any atom is 0.147 e. The SMILES string of the molecule is C=C(NC1=NC(c2ccccc2CN)Nc2ccccc21)c1ccccc1NCCC. The molecule has 1 heterocycles. The van der Waals surface area contributed by atoms with Crippen LogP contribution in [-0.4, -0.2) is 12.4 Å². The van der Waals surface area contributed by atoms with Gasteiger partial charge in [-0.1, -0.05) is 68.1 Å². The van der Waals surface area contributed by atoms with Crippen molar-refractivity contribution in [2.75, 3.05) is 17.2 Å². The monoisotopic (exact) mass is 411 g/mol. The summed E-state index contributed by atoms with van der Waals surface area (Å²) >= 11 is 0. The molecule has 1 unspecified atom stereocenters. The maximum atomic E-state index is 5.99. The summed E-state index contributed by atoms with van der Waals surface area (Å²) in [7, 11) is 0. The van der Waals surface area contributed by atoms with E-state index in [0.717, 1.165) is 58.1 Å². The molecule has 5 heteroatoms. The predicted octanol–water partition coefficient (Wildman–Crippen LogP) is 5.10. The zero-order valence-corrected chi connectivity index (χ0v) is 17.9. The minimum atomic E-state index is -0.224. The average Bonchev–Trinajstić information content (AvgIpc) is 2.82. The van der Waals surface area contributed by atoms with Crippen molar-refractivity contribution in [1.29, 1.82) is 0 Å². The second-order valence-corrected chi connectivity index (χ2v) is 7.55. The number of fused-ring (bicyclic) bond motifs is 1. The molecule has 1 atom stereocenters. The Bertz CT molecular complexity index is 1100. The average molecular weight is 412 g/mol. The molecule has 0 bridgehead atoms. The minimum absolute atomic E-state index is 0.224. The van der Waals surface area contributed by atoms with E-state index in [-0.39, 0.29) is 6.17 Å². The van der Waals surface area contributed by atoms with E-state index in [1.807, 2.05) is 36.4 Å². The highest BCUT2D eigenvalue weighted by Gasteiger charge is 2.23. The second-order valence-electron chi connectivity index (χ2n) is 7.55. The van der Waals surface area contributed by atoms with Gasteiger partial charge in [0.2, 0.25) is 0 Å². The van der Waals surface area contributed by atoms with Gasteiger partial charge in [0.05, 0.1) is 0 Å². The maximum absolute atomic E-state index is 5.99. The van der Waals surface area contributed by atoms with Crippen LogP contribution in [0.25, 0.3) is 5.70 Å². The van der Waals surface area contributed by atoms with Crippen molar-refractivity contribution in [3.63, 3.8) is 0 Å². The van der Waals surface area contributed by atoms with E-state index in [0.29, 0.717) is 6.54 Å². The molecule has 0 aromatic heterocycles. The molecule has 3 aromatic carbocycles. The molecule has 0 amide bonds. The summed E-state index contributed by atoms with van der Waals surface area (Å²) in [6.07, 6.45) is 0.834. The molecule has 1 aliphatic rings. The minimum Gasteiger partial charge on any atom is -0.385 e. The Kier molecular flexibility index (Phi) is 6.34. The van der Waals surface area contributed by atoms with Crippen LogP contribution in [0.3, 0.4) is 0 Å². The fourth-order valence-corrected chi connectivity index (χ4v) is 3.80. The number of aliphatic imine (C=N–C) groups is 1. The van der Waals surface area contributed by atoms with Gasteiger partial charge in [-0.15, -0.1) is 0 Å². The summed E-state index contributed by atoms with van der Waals surface area (Å²) in [5.74, 6) is 0.793. The van der Waals surface area contributed by atoms with E-state index in [1.54, 1.807) is 0 Å². The summed E-state index contributed by atoms with van der Waals surface area (Å²) in [6.45, 7) is 7.86. The van der Waals surface area contributed by atoms with Crippen LogP contribution in [0.5, 0.6) is 0 Å². The largest absolute Gasteiger partial charge is 0.385 e. The highest BCUT2D eigenvalue weighted by atomic mass is 15.2. The van der Waals surface area contributed by atoms with Crippen molar-refractivity contribution in [3.8, 4) is 0 Å².